The third-order valence-corrected chi connectivity index (χ3v) is 3.13. The van der Waals surface area contributed by atoms with Gasteiger partial charge in [0.2, 0.25) is 0 Å². The highest BCUT2D eigenvalue weighted by Crippen LogP contribution is 1.96. The first-order valence-electron chi connectivity index (χ1n) is 7.16. The molecule has 1 fully saturated rings. The molecule has 1 aliphatic heterocycles. The van der Waals surface area contributed by atoms with Crippen molar-refractivity contribution in [1.29, 1.82) is 5.26 Å². The van der Waals surface area contributed by atoms with Crippen molar-refractivity contribution >= 4 is 11.9 Å². The molecule has 0 saturated carbocycles. The number of rotatable bonds is 8. The molecule has 1 heterocycles. The van der Waals surface area contributed by atoms with Gasteiger partial charge in [0.15, 0.2) is 0 Å². The van der Waals surface area contributed by atoms with Crippen LogP contribution in [0.3, 0.4) is 0 Å². The molecule has 2 N–H and O–H groups in total. The minimum Gasteiger partial charge on any atom is -0.469 e. The molecule has 8 nitrogen and oxygen atoms in total. The second-order valence-electron chi connectivity index (χ2n) is 4.66. The lowest BCUT2D eigenvalue weighted by atomic mass is 10.3. The molecule has 0 atom stereocenters. The number of methoxy groups -OCH3 is 1. The Morgan fingerprint density at radius 2 is 2.09 bits per heavy atom. The van der Waals surface area contributed by atoms with Crippen LogP contribution in [0.15, 0.2) is 11.8 Å². The lowest BCUT2D eigenvalue weighted by Gasteiger charge is -2.26. The van der Waals surface area contributed by atoms with Gasteiger partial charge in [-0.05, 0) is 0 Å². The van der Waals surface area contributed by atoms with Crippen LogP contribution in [-0.2, 0) is 19.1 Å². The van der Waals surface area contributed by atoms with Crippen LogP contribution in [0.2, 0.25) is 0 Å². The highest BCUT2D eigenvalue weighted by Gasteiger charge is 2.12. The van der Waals surface area contributed by atoms with Crippen molar-refractivity contribution in [2.45, 2.75) is 6.42 Å². The Hall–Kier alpha value is -2.11. The van der Waals surface area contributed by atoms with Gasteiger partial charge in [-0.3, -0.25) is 14.5 Å². The maximum Gasteiger partial charge on any atom is 0.307 e. The van der Waals surface area contributed by atoms with E-state index in [4.69, 9.17) is 10.00 Å². The molecule has 8 heteroatoms. The van der Waals surface area contributed by atoms with Crippen LogP contribution in [-0.4, -0.2) is 69.8 Å². The molecular weight excluding hydrogens is 288 g/mol. The number of carbonyl (C=O) groups is 2. The van der Waals surface area contributed by atoms with E-state index in [2.05, 4.69) is 20.3 Å². The molecule has 1 amide bonds. The summed E-state index contributed by atoms with van der Waals surface area (Å²) in [5.74, 6) is -0.782. The van der Waals surface area contributed by atoms with Gasteiger partial charge in [-0.25, -0.2) is 0 Å². The molecule has 0 bridgehead atoms. The van der Waals surface area contributed by atoms with Crippen molar-refractivity contribution in [3.63, 3.8) is 0 Å². The predicted octanol–water partition coefficient (Wildman–Crippen LogP) is -1.01. The molecule has 1 saturated heterocycles. The highest BCUT2D eigenvalue weighted by molar-refractivity contribution is 5.97. The number of esters is 1. The minimum atomic E-state index is -0.429. The Labute approximate surface area is 130 Å². The first-order chi connectivity index (χ1) is 10.7. The van der Waals surface area contributed by atoms with E-state index >= 15 is 0 Å². The monoisotopic (exact) mass is 310 g/mol. The summed E-state index contributed by atoms with van der Waals surface area (Å²) in [6.07, 6.45) is 1.48. The third-order valence-electron chi connectivity index (χ3n) is 3.13. The number of nitrogens with zero attached hydrogens (tertiary/aromatic N) is 2. The highest BCUT2D eigenvalue weighted by atomic mass is 16.5. The maximum absolute atomic E-state index is 11.8. The number of morpholine rings is 1. The van der Waals surface area contributed by atoms with Gasteiger partial charge in [-0.15, -0.1) is 0 Å². The molecule has 0 aromatic heterocycles. The van der Waals surface area contributed by atoms with Crippen molar-refractivity contribution in [3.05, 3.63) is 11.8 Å². The van der Waals surface area contributed by atoms with E-state index in [1.54, 1.807) is 0 Å². The number of amides is 1. The molecule has 122 valence electrons. The molecule has 1 aliphatic rings. The molecule has 0 radical (unpaired) electrons. The lowest BCUT2D eigenvalue weighted by molar-refractivity contribution is -0.140. The molecule has 0 unspecified atom stereocenters. The fraction of sp³-hybridized carbons (Fsp3) is 0.643. The normalized spacial score (nSPS) is 15.7. The van der Waals surface area contributed by atoms with E-state index in [1.165, 1.54) is 13.3 Å². The number of nitrogens with one attached hydrogen (secondary N) is 2. The zero-order chi connectivity index (χ0) is 16.2. The van der Waals surface area contributed by atoms with Crippen molar-refractivity contribution in [1.82, 2.24) is 15.5 Å². The first kappa shape index (κ1) is 17.9. The van der Waals surface area contributed by atoms with E-state index < -0.39 is 5.91 Å². The minimum absolute atomic E-state index is 0.0214. The van der Waals surface area contributed by atoms with Crippen LogP contribution in [0.25, 0.3) is 0 Å². The van der Waals surface area contributed by atoms with E-state index in [0.717, 1.165) is 19.6 Å². The predicted molar refractivity (Wildman–Crippen MR) is 78.6 cm³/mol. The molecule has 0 aromatic rings. The van der Waals surface area contributed by atoms with Gasteiger partial charge in [-0.1, -0.05) is 0 Å². The van der Waals surface area contributed by atoms with Crippen LogP contribution in [0.5, 0.6) is 0 Å². The molecule has 0 spiro atoms. The lowest BCUT2D eigenvalue weighted by Crippen LogP contribution is -2.41. The molecular formula is C14H22N4O4. The first-order valence-corrected chi connectivity index (χ1v) is 7.16. The second kappa shape index (κ2) is 10.6. The quantitative estimate of drug-likeness (QED) is 0.256. The average Bonchev–Trinajstić information content (AvgIpc) is 2.55. The summed E-state index contributed by atoms with van der Waals surface area (Å²) in [4.78, 5) is 24.9. The van der Waals surface area contributed by atoms with Crippen molar-refractivity contribution in [2.24, 2.45) is 0 Å². The van der Waals surface area contributed by atoms with Gasteiger partial charge < -0.3 is 20.1 Å². The number of ether oxygens (including phenoxy) is 2. The molecule has 0 aromatic carbocycles. The van der Waals surface area contributed by atoms with E-state index in [0.29, 0.717) is 26.3 Å². The van der Waals surface area contributed by atoms with Gasteiger partial charge in [0.25, 0.3) is 5.91 Å². The molecule has 22 heavy (non-hydrogen) atoms. The number of carbonyl (C=O) groups excluding carboxylic acids is 2. The summed E-state index contributed by atoms with van der Waals surface area (Å²) in [5, 5.41) is 14.4. The SMILES string of the molecule is COC(=O)CCN/C=C(/C#N)C(=O)NCCN1CCOCC1. The van der Waals surface area contributed by atoms with E-state index in [-0.39, 0.29) is 18.0 Å². The fourth-order valence-corrected chi connectivity index (χ4v) is 1.85. The van der Waals surface area contributed by atoms with Crippen LogP contribution in [0.4, 0.5) is 0 Å². The summed E-state index contributed by atoms with van der Waals surface area (Å²) in [6.45, 7) is 4.63. The van der Waals surface area contributed by atoms with Crippen LogP contribution in [0, 0.1) is 11.3 Å². The van der Waals surface area contributed by atoms with Crippen molar-refractivity contribution in [2.75, 3.05) is 53.0 Å². The standard InChI is InChI=1S/C14H22N4O4/c1-21-13(19)2-3-16-11-12(10-15)14(20)17-4-5-18-6-8-22-9-7-18/h11,16H,2-9H2,1H3,(H,17,20)/b12-11-. The summed E-state index contributed by atoms with van der Waals surface area (Å²) in [6, 6.07) is 1.83. The summed E-state index contributed by atoms with van der Waals surface area (Å²) in [5.41, 5.74) is -0.0214. The number of hydrogen-bond acceptors (Lipinski definition) is 7. The third kappa shape index (κ3) is 7.06. The van der Waals surface area contributed by atoms with E-state index in [9.17, 15) is 9.59 Å². The Bertz CT molecular complexity index is 439. The second-order valence-corrected chi connectivity index (χ2v) is 4.66. The van der Waals surface area contributed by atoms with E-state index in [1.807, 2.05) is 6.07 Å². The zero-order valence-electron chi connectivity index (χ0n) is 12.8. The summed E-state index contributed by atoms with van der Waals surface area (Å²) < 4.78 is 9.72. The van der Waals surface area contributed by atoms with Gasteiger partial charge in [0, 0.05) is 38.9 Å². The van der Waals surface area contributed by atoms with Gasteiger partial charge in [0.1, 0.15) is 11.6 Å². The Morgan fingerprint density at radius 3 is 2.73 bits per heavy atom. The van der Waals surface area contributed by atoms with Crippen molar-refractivity contribution in [3.8, 4) is 6.07 Å². The number of hydrogen-bond donors (Lipinski definition) is 2. The topological polar surface area (TPSA) is 104 Å². The van der Waals surface area contributed by atoms with Gasteiger partial charge >= 0.3 is 5.97 Å². The molecule has 1 rings (SSSR count). The largest absolute Gasteiger partial charge is 0.469 e. The molecule has 0 aliphatic carbocycles. The van der Waals surface area contributed by atoms with Crippen LogP contribution in [0.1, 0.15) is 6.42 Å². The summed E-state index contributed by atoms with van der Waals surface area (Å²) >= 11 is 0. The van der Waals surface area contributed by atoms with Crippen LogP contribution >= 0.6 is 0 Å². The van der Waals surface area contributed by atoms with Crippen molar-refractivity contribution < 1.29 is 19.1 Å². The van der Waals surface area contributed by atoms with Gasteiger partial charge in [-0.2, -0.15) is 5.26 Å². The Balaban J connectivity index is 2.25. The summed E-state index contributed by atoms with van der Waals surface area (Å²) in [7, 11) is 1.31. The van der Waals surface area contributed by atoms with Gasteiger partial charge in [0.05, 0.1) is 26.7 Å². The zero-order valence-corrected chi connectivity index (χ0v) is 12.8. The maximum atomic E-state index is 11.8. The smallest absolute Gasteiger partial charge is 0.307 e. The Morgan fingerprint density at radius 1 is 1.36 bits per heavy atom. The fourth-order valence-electron chi connectivity index (χ4n) is 1.85. The van der Waals surface area contributed by atoms with Crippen LogP contribution < -0.4 is 10.6 Å². The Kier molecular flexibility index (Phi) is 8.64. The average molecular weight is 310 g/mol. The number of nitriles is 1.